The highest BCUT2D eigenvalue weighted by atomic mass is 79.9. The predicted molar refractivity (Wildman–Crippen MR) is 114 cm³/mol. The fourth-order valence-corrected chi connectivity index (χ4v) is 4.48. The molecule has 2 N–H and O–H groups in total. The minimum Gasteiger partial charge on any atom is -0.495 e. The maximum Gasteiger partial charge on any atom is 0.271 e. The molecule has 3 aromatic rings. The first-order valence-corrected chi connectivity index (χ1v) is 10.2. The van der Waals surface area contributed by atoms with Crippen molar-refractivity contribution in [2.45, 2.75) is 19.4 Å². The average Bonchev–Trinajstić information content (AvgIpc) is 3.47. The van der Waals surface area contributed by atoms with Crippen molar-refractivity contribution in [3.8, 4) is 5.75 Å². The molecule has 29 heavy (non-hydrogen) atoms. The number of hydrogen-bond acceptors (Lipinski definition) is 6. The summed E-state index contributed by atoms with van der Waals surface area (Å²) in [6, 6.07) is 3.98. The van der Waals surface area contributed by atoms with Crippen LogP contribution in [0.2, 0.25) is 0 Å². The van der Waals surface area contributed by atoms with Gasteiger partial charge in [-0.25, -0.2) is 9.97 Å². The van der Waals surface area contributed by atoms with Crippen LogP contribution in [-0.2, 0) is 6.54 Å². The number of H-pyrrole nitrogens is 1. The number of benzene rings is 1. The third-order valence-corrected chi connectivity index (χ3v) is 6.14. The predicted octanol–water partition coefficient (Wildman–Crippen LogP) is 3.64. The second-order valence-corrected chi connectivity index (χ2v) is 7.90. The molecule has 5 rings (SSSR count). The number of likely N-dealkylation sites (tertiary alicyclic amines) is 1. The minimum absolute atomic E-state index is 0.0235. The molecule has 8 nitrogen and oxygen atoms in total. The van der Waals surface area contributed by atoms with Gasteiger partial charge in [0.15, 0.2) is 0 Å². The molecule has 2 aliphatic heterocycles. The van der Waals surface area contributed by atoms with Crippen molar-refractivity contribution >= 4 is 50.6 Å². The number of ether oxygens (including phenoxy) is 1. The Morgan fingerprint density at radius 1 is 1.28 bits per heavy atom. The Labute approximate surface area is 175 Å². The zero-order valence-electron chi connectivity index (χ0n) is 15.8. The number of anilines is 2. The lowest BCUT2D eigenvalue weighted by Gasteiger charge is -2.14. The third kappa shape index (κ3) is 3.05. The molecule has 2 aliphatic rings. The number of aliphatic imine (C=N–C) groups is 1. The highest BCUT2D eigenvalue weighted by Crippen LogP contribution is 2.37. The largest absolute Gasteiger partial charge is 0.495 e. The van der Waals surface area contributed by atoms with E-state index in [0.717, 1.165) is 48.1 Å². The number of methoxy groups -OCH3 is 1. The molecule has 0 radical (unpaired) electrons. The number of halogens is 1. The second kappa shape index (κ2) is 7.14. The number of aromatic amines is 1. The monoisotopic (exact) mass is 454 g/mol. The van der Waals surface area contributed by atoms with Crippen molar-refractivity contribution in [2.24, 2.45) is 4.99 Å². The highest BCUT2D eigenvalue weighted by molar-refractivity contribution is 9.10. The fraction of sp³-hybridized carbons (Fsp3) is 0.300. The van der Waals surface area contributed by atoms with Gasteiger partial charge in [0.25, 0.3) is 5.91 Å². The SMILES string of the molecule is COc1cc2c(cc1Nc1ncnc3[nH]c(C(=O)N4CCCC4)c(Br)c13)C=NC2. The van der Waals surface area contributed by atoms with E-state index in [1.807, 2.05) is 23.2 Å². The Bertz CT molecular complexity index is 1150. The van der Waals surface area contributed by atoms with Gasteiger partial charge < -0.3 is 19.9 Å². The molecular formula is C20H19BrN6O2. The number of fused-ring (bicyclic) bond motifs is 2. The molecule has 0 spiro atoms. The minimum atomic E-state index is -0.0235. The van der Waals surface area contributed by atoms with Gasteiger partial charge in [-0.1, -0.05) is 0 Å². The smallest absolute Gasteiger partial charge is 0.271 e. The first kappa shape index (κ1) is 18.1. The highest BCUT2D eigenvalue weighted by Gasteiger charge is 2.26. The van der Waals surface area contributed by atoms with Crippen LogP contribution in [0.1, 0.15) is 34.5 Å². The zero-order chi connectivity index (χ0) is 20.0. The number of hydrogen-bond donors (Lipinski definition) is 2. The summed E-state index contributed by atoms with van der Waals surface area (Å²) in [4.78, 5) is 31.0. The Kier molecular flexibility index (Phi) is 4.46. The lowest BCUT2D eigenvalue weighted by molar-refractivity contribution is 0.0787. The van der Waals surface area contributed by atoms with Crippen molar-refractivity contribution in [3.63, 3.8) is 0 Å². The van der Waals surface area contributed by atoms with Crippen LogP contribution < -0.4 is 10.1 Å². The molecule has 9 heteroatoms. The van der Waals surface area contributed by atoms with E-state index in [0.29, 0.717) is 33.9 Å². The summed E-state index contributed by atoms with van der Waals surface area (Å²) in [5.74, 6) is 1.28. The van der Waals surface area contributed by atoms with E-state index in [-0.39, 0.29) is 5.91 Å². The molecular weight excluding hydrogens is 436 g/mol. The van der Waals surface area contributed by atoms with E-state index < -0.39 is 0 Å². The van der Waals surface area contributed by atoms with Gasteiger partial charge in [-0.05, 0) is 52.0 Å². The van der Waals surface area contributed by atoms with Gasteiger partial charge in [0, 0.05) is 19.3 Å². The van der Waals surface area contributed by atoms with Crippen LogP contribution in [0, 0.1) is 0 Å². The van der Waals surface area contributed by atoms with Crippen LogP contribution in [0.4, 0.5) is 11.5 Å². The molecule has 148 valence electrons. The number of carbonyl (C=O) groups excluding carboxylic acids is 1. The topological polar surface area (TPSA) is 95.5 Å². The van der Waals surface area contributed by atoms with Crippen molar-refractivity contribution in [1.82, 2.24) is 19.9 Å². The van der Waals surface area contributed by atoms with Gasteiger partial charge in [-0.15, -0.1) is 0 Å². The third-order valence-electron chi connectivity index (χ3n) is 5.34. The summed E-state index contributed by atoms with van der Waals surface area (Å²) >= 11 is 3.60. The summed E-state index contributed by atoms with van der Waals surface area (Å²) in [6.07, 6.45) is 5.41. The summed E-state index contributed by atoms with van der Waals surface area (Å²) in [5, 5.41) is 4.07. The summed E-state index contributed by atoms with van der Waals surface area (Å²) in [6.45, 7) is 2.23. The quantitative estimate of drug-likeness (QED) is 0.627. The van der Waals surface area contributed by atoms with Gasteiger partial charge in [-0.2, -0.15) is 0 Å². The molecule has 0 saturated carbocycles. The van der Waals surface area contributed by atoms with E-state index in [2.05, 4.69) is 41.2 Å². The van der Waals surface area contributed by atoms with E-state index in [9.17, 15) is 4.79 Å². The van der Waals surface area contributed by atoms with Gasteiger partial charge in [-0.3, -0.25) is 9.79 Å². The zero-order valence-corrected chi connectivity index (χ0v) is 17.4. The van der Waals surface area contributed by atoms with Crippen molar-refractivity contribution in [1.29, 1.82) is 0 Å². The number of nitrogens with zero attached hydrogens (tertiary/aromatic N) is 4. The van der Waals surface area contributed by atoms with Crippen molar-refractivity contribution in [3.05, 3.63) is 39.8 Å². The standard InChI is InChI=1S/C20H19BrN6O2/c1-29-14-7-12-9-22-8-11(12)6-13(14)25-18-15-16(21)17(26-19(15)24-10-23-18)20(28)27-4-2-3-5-27/h6-8,10H,2-5,9H2,1H3,(H2,23,24,25,26). The first-order valence-electron chi connectivity index (χ1n) is 9.45. The Hall–Kier alpha value is -2.94. The Morgan fingerprint density at radius 2 is 2.10 bits per heavy atom. The molecule has 0 atom stereocenters. The van der Waals surface area contributed by atoms with Crippen molar-refractivity contribution < 1.29 is 9.53 Å². The van der Waals surface area contributed by atoms with Crippen LogP contribution in [0.15, 0.2) is 27.9 Å². The number of amides is 1. The van der Waals surface area contributed by atoms with E-state index in [1.54, 1.807) is 7.11 Å². The first-order chi connectivity index (χ1) is 14.2. The lowest BCUT2D eigenvalue weighted by Crippen LogP contribution is -2.28. The molecule has 4 heterocycles. The number of carbonyl (C=O) groups is 1. The Morgan fingerprint density at radius 3 is 2.90 bits per heavy atom. The van der Waals surface area contributed by atoms with E-state index >= 15 is 0 Å². The van der Waals surface area contributed by atoms with Gasteiger partial charge in [0.05, 0.1) is 29.2 Å². The van der Waals surface area contributed by atoms with Crippen LogP contribution in [0.3, 0.4) is 0 Å². The summed E-state index contributed by atoms with van der Waals surface area (Å²) in [7, 11) is 1.64. The molecule has 2 aromatic heterocycles. The van der Waals surface area contributed by atoms with Crippen LogP contribution >= 0.6 is 15.9 Å². The van der Waals surface area contributed by atoms with E-state index in [1.165, 1.54) is 6.33 Å². The Balaban J connectivity index is 1.56. The number of rotatable bonds is 4. The maximum atomic E-state index is 12.9. The summed E-state index contributed by atoms with van der Waals surface area (Å²) in [5.41, 5.74) is 4.05. The normalized spacial score (nSPS) is 15.2. The van der Waals surface area contributed by atoms with Crippen molar-refractivity contribution in [2.75, 3.05) is 25.5 Å². The molecule has 0 aliphatic carbocycles. The van der Waals surface area contributed by atoms with Crippen LogP contribution in [0.25, 0.3) is 11.0 Å². The second-order valence-electron chi connectivity index (χ2n) is 7.11. The molecule has 0 bridgehead atoms. The van der Waals surface area contributed by atoms with Crippen LogP contribution in [0.5, 0.6) is 5.75 Å². The van der Waals surface area contributed by atoms with Gasteiger partial charge in [0.2, 0.25) is 0 Å². The van der Waals surface area contributed by atoms with Gasteiger partial charge >= 0.3 is 0 Å². The van der Waals surface area contributed by atoms with Crippen LogP contribution in [-0.4, -0.2) is 52.2 Å². The number of nitrogens with one attached hydrogen (secondary N) is 2. The molecule has 0 unspecified atom stereocenters. The molecule has 1 amide bonds. The van der Waals surface area contributed by atoms with E-state index in [4.69, 9.17) is 4.74 Å². The van der Waals surface area contributed by atoms with Gasteiger partial charge in [0.1, 0.15) is 29.2 Å². The molecule has 1 saturated heterocycles. The lowest BCUT2D eigenvalue weighted by atomic mass is 10.1. The summed E-state index contributed by atoms with van der Waals surface area (Å²) < 4.78 is 6.22. The fourth-order valence-electron chi connectivity index (χ4n) is 3.84. The molecule has 1 fully saturated rings. The average molecular weight is 455 g/mol. The molecule has 1 aromatic carbocycles. The number of aromatic nitrogens is 3. The maximum absolute atomic E-state index is 12.9.